The van der Waals surface area contributed by atoms with Gasteiger partial charge in [-0.15, -0.1) is 0 Å². The standard InChI is InChI=1S/C12H10IN3OS/c1-7-5-14-11(17-7)6-16-10-3-2-8(13)4-9(10)15-12(16)18/h2-5H,6H2,1H3,(H,15,18). The first kappa shape index (κ1) is 11.9. The molecule has 1 aromatic carbocycles. The molecule has 0 atom stereocenters. The highest BCUT2D eigenvalue weighted by atomic mass is 127. The average Bonchev–Trinajstić information content (AvgIpc) is 2.84. The van der Waals surface area contributed by atoms with Gasteiger partial charge in [-0.05, 0) is 59.9 Å². The van der Waals surface area contributed by atoms with Gasteiger partial charge in [0.25, 0.3) is 0 Å². The Hall–Kier alpha value is -1.15. The largest absolute Gasteiger partial charge is 0.444 e. The topological polar surface area (TPSA) is 46.8 Å². The first-order valence-corrected chi connectivity index (χ1v) is 6.91. The molecule has 6 heteroatoms. The lowest BCUT2D eigenvalue weighted by molar-refractivity contribution is 0.459. The molecule has 0 saturated heterocycles. The van der Waals surface area contributed by atoms with Crippen LogP contribution >= 0.6 is 34.8 Å². The number of imidazole rings is 1. The second kappa shape index (κ2) is 4.51. The molecule has 0 bridgehead atoms. The van der Waals surface area contributed by atoms with Crippen molar-refractivity contribution in [1.82, 2.24) is 14.5 Å². The summed E-state index contributed by atoms with van der Waals surface area (Å²) < 4.78 is 9.34. The van der Waals surface area contributed by atoms with E-state index in [2.05, 4.69) is 50.8 Å². The van der Waals surface area contributed by atoms with E-state index in [1.807, 2.05) is 11.5 Å². The molecule has 0 amide bonds. The van der Waals surface area contributed by atoms with Crippen molar-refractivity contribution >= 4 is 45.8 Å². The van der Waals surface area contributed by atoms with Gasteiger partial charge >= 0.3 is 0 Å². The first-order chi connectivity index (χ1) is 8.63. The van der Waals surface area contributed by atoms with Crippen LogP contribution in [0.1, 0.15) is 11.7 Å². The number of nitrogens with zero attached hydrogens (tertiary/aromatic N) is 2. The summed E-state index contributed by atoms with van der Waals surface area (Å²) in [5.41, 5.74) is 2.10. The van der Waals surface area contributed by atoms with Gasteiger partial charge in [0.2, 0.25) is 5.89 Å². The van der Waals surface area contributed by atoms with E-state index >= 15 is 0 Å². The summed E-state index contributed by atoms with van der Waals surface area (Å²) in [6.07, 6.45) is 1.72. The Kier molecular flexibility index (Phi) is 2.98. The number of fused-ring (bicyclic) bond motifs is 1. The van der Waals surface area contributed by atoms with Crippen molar-refractivity contribution in [1.29, 1.82) is 0 Å². The Bertz CT molecular complexity index is 771. The summed E-state index contributed by atoms with van der Waals surface area (Å²) in [6.45, 7) is 2.43. The summed E-state index contributed by atoms with van der Waals surface area (Å²) in [5, 5.41) is 0. The summed E-state index contributed by atoms with van der Waals surface area (Å²) in [6, 6.07) is 6.19. The normalized spacial score (nSPS) is 11.2. The minimum absolute atomic E-state index is 0.549. The Morgan fingerprint density at radius 3 is 3.06 bits per heavy atom. The second-order valence-corrected chi connectivity index (χ2v) is 5.67. The van der Waals surface area contributed by atoms with Gasteiger partial charge in [-0.25, -0.2) is 4.98 Å². The summed E-state index contributed by atoms with van der Waals surface area (Å²) in [7, 11) is 0. The van der Waals surface area contributed by atoms with Crippen LogP contribution in [0.25, 0.3) is 11.0 Å². The Labute approximate surface area is 122 Å². The molecule has 0 radical (unpaired) electrons. The van der Waals surface area contributed by atoms with Crippen molar-refractivity contribution in [2.75, 3.05) is 0 Å². The zero-order valence-electron chi connectivity index (χ0n) is 9.61. The van der Waals surface area contributed by atoms with Crippen LogP contribution in [-0.4, -0.2) is 14.5 Å². The molecule has 0 aliphatic heterocycles. The summed E-state index contributed by atoms with van der Waals surface area (Å²) in [4.78, 5) is 7.41. The third-order valence-electron chi connectivity index (χ3n) is 2.70. The maximum Gasteiger partial charge on any atom is 0.214 e. The van der Waals surface area contributed by atoms with Gasteiger partial charge in [0.1, 0.15) is 12.3 Å². The van der Waals surface area contributed by atoms with Crippen LogP contribution in [0.15, 0.2) is 28.8 Å². The number of hydrogen-bond acceptors (Lipinski definition) is 3. The van der Waals surface area contributed by atoms with Crippen LogP contribution in [0.5, 0.6) is 0 Å². The second-order valence-electron chi connectivity index (χ2n) is 4.04. The molecule has 4 nitrogen and oxygen atoms in total. The van der Waals surface area contributed by atoms with Gasteiger partial charge in [-0.2, -0.15) is 0 Å². The number of oxazole rings is 1. The van der Waals surface area contributed by atoms with Crippen molar-refractivity contribution in [3.05, 3.63) is 44.4 Å². The number of benzene rings is 1. The van der Waals surface area contributed by atoms with Gasteiger partial charge in [-0.1, -0.05) is 0 Å². The Morgan fingerprint density at radius 2 is 2.33 bits per heavy atom. The first-order valence-electron chi connectivity index (χ1n) is 5.43. The zero-order valence-corrected chi connectivity index (χ0v) is 12.6. The maximum atomic E-state index is 5.49. The molecule has 0 spiro atoms. The van der Waals surface area contributed by atoms with E-state index in [-0.39, 0.29) is 0 Å². The Morgan fingerprint density at radius 1 is 1.50 bits per heavy atom. The number of hydrogen-bond donors (Lipinski definition) is 1. The highest BCUT2D eigenvalue weighted by Crippen LogP contribution is 2.18. The highest BCUT2D eigenvalue weighted by molar-refractivity contribution is 14.1. The summed E-state index contributed by atoms with van der Waals surface area (Å²) in [5.74, 6) is 1.48. The van der Waals surface area contributed by atoms with Crippen molar-refractivity contribution in [3.8, 4) is 0 Å². The molecule has 0 aliphatic carbocycles. The van der Waals surface area contributed by atoms with Crippen LogP contribution < -0.4 is 0 Å². The molecule has 0 saturated carbocycles. The SMILES string of the molecule is Cc1cnc(Cn2c(=S)[nH]c3cc(I)ccc32)o1. The lowest BCUT2D eigenvalue weighted by atomic mass is 10.3. The van der Waals surface area contributed by atoms with Gasteiger partial charge < -0.3 is 14.0 Å². The van der Waals surface area contributed by atoms with Crippen LogP contribution in [0.4, 0.5) is 0 Å². The van der Waals surface area contributed by atoms with Gasteiger partial charge in [0.05, 0.1) is 17.2 Å². The van der Waals surface area contributed by atoms with Crippen molar-refractivity contribution in [2.24, 2.45) is 0 Å². The number of rotatable bonds is 2. The molecule has 2 aromatic heterocycles. The quantitative estimate of drug-likeness (QED) is 0.553. The van der Waals surface area contributed by atoms with Gasteiger partial charge in [0.15, 0.2) is 4.77 Å². The third kappa shape index (κ3) is 2.10. The fourth-order valence-electron chi connectivity index (χ4n) is 1.90. The third-order valence-corrected chi connectivity index (χ3v) is 3.69. The van der Waals surface area contributed by atoms with Gasteiger partial charge in [0, 0.05) is 3.57 Å². The lowest BCUT2D eigenvalue weighted by Crippen LogP contribution is -1.99. The van der Waals surface area contributed by atoms with E-state index in [9.17, 15) is 0 Å². The molecule has 3 rings (SSSR count). The molecule has 18 heavy (non-hydrogen) atoms. The Balaban J connectivity index is 2.11. The smallest absolute Gasteiger partial charge is 0.214 e. The van der Waals surface area contributed by atoms with E-state index in [0.29, 0.717) is 17.2 Å². The van der Waals surface area contributed by atoms with Crippen LogP contribution in [-0.2, 0) is 6.54 Å². The number of aromatic amines is 1. The van der Waals surface area contributed by atoms with Crippen molar-refractivity contribution in [3.63, 3.8) is 0 Å². The maximum absolute atomic E-state index is 5.49. The lowest BCUT2D eigenvalue weighted by Gasteiger charge is -2.00. The van der Waals surface area contributed by atoms with E-state index in [1.165, 1.54) is 3.57 Å². The minimum atomic E-state index is 0.549. The molecule has 0 fully saturated rings. The minimum Gasteiger partial charge on any atom is -0.444 e. The number of halogens is 1. The molecule has 0 unspecified atom stereocenters. The van der Waals surface area contributed by atoms with Crippen LogP contribution in [0, 0.1) is 15.3 Å². The molecule has 0 aliphatic rings. The fourth-order valence-corrected chi connectivity index (χ4v) is 2.67. The number of nitrogens with one attached hydrogen (secondary N) is 1. The molecular weight excluding hydrogens is 361 g/mol. The highest BCUT2D eigenvalue weighted by Gasteiger charge is 2.08. The monoisotopic (exact) mass is 371 g/mol. The number of aryl methyl sites for hydroxylation is 1. The zero-order chi connectivity index (χ0) is 12.7. The molecular formula is C12H10IN3OS. The van der Waals surface area contributed by atoms with E-state index in [0.717, 1.165) is 16.8 Å². The number of H-pyrrole nitrogens is 1. The van der Waals surface area contributed by atoms with Crippen molar-refractivity contribution < 1.29 is 4.42 Å². The van der Waals surface area contributed by atoms with E-state index in [1.54, 1.807) is 6.20 Å². The predicted molar refractivity (Wildman–Crippen MR) is 80.2 cm³/mol. The van der Waals surface area contributed by atoms with Crippen LogP contribution in [0.2, 0.25) is 0 Å². The average molecular weight is 371 g/mol. The molecule has 92 valence electrons. The fraction of sp³-hybridized carbons (Fsp3) is 0.167. The molecule has 3 aromatic rings. The molecule has 1 N–H and O–H groups in total. The molecule has 2 heterocycles. The van der Waals surface area contributed by atoms with E-state index < -0.39 is 0 Å². The summed E-state index contributed by atoms with van der Waals surface area (Å²) >= 11 is 7.62. The number of aromatic nitrogens is 3. The van der Waals surface area contributed by atoms with Crippen molar-refractivity contribution in [2.45, 2.75) is 13.5 Å². The predicted octanol–water partition coefficient (Wildman–Crippen LogP) is 3.65. The van der Waals surface area contributed by atoms with Gasteiger partial charge in [-0.3, -0.25) is 0 Å². The van der Waals surface area contributed by atoms with Crippen LogP contribution in [0.3, 0.4) is 0 Å². The van der Waals surface area contributed by atoms with E-state index in [4.69, 9.17) is 16.6 Å².